The van der Waals surface area contributed by atoms with Crippen molar-refractivity contribution in [2.24, 2.45) is 10.9 Å². The Morgan fingerprint density at radius 1 is 1.25 bits per heavy atom. The molecule has 0 aliphatic carbocycles. The van der Waals surface area contributed by atoms with Crippen molar-refractivity contribution in [3.8, 4) is 5.75 Å². The lowest BCUT2D eigenvalue weighted by Gasteiger charge is -2.05. The highest BCUT2D eigenvalue weighted by Gasteiger charge is 1.98. The zero-order chi connectivity index (χ0) is 12.0. The summed E-state index contributed by atoms with van der Waals surface area (Å²) in [5.74, 6) is 1.56. The molecule has 16 heavy (non-hydrogen) atoms. The first kappa shape index (κ1) is 12.8. The van der Waals surface area contributed by atoms with Crippen LogP contribution in [0.15, 0.2) is 29.3 Å². The highest BCUT2D eigenvalue weighted by atomic mass is 16.5. The van der Waals surface area contributed by atoms with E-state index in [4.69, 9.17) is 4.74 Å². The maximum Gasteiger partial charge on any atom is 0.119 e. The Bertz CT molecular complexity index is 338. The maximum absolute atomic E-state index is 5.38. The molecule has 0 fully saturated rings. The van der Waals surface area contributed by atoms with Crippen molar-refractivity contribution >= 4 is 11.4 Å². The standard InChI is InChI=1S/C14H21NO/c1-5-16-14-8-6-13(7-9-14)15-12(4)10-11(2)3/h6-9,11H,5,10H2,1-4H3. The van der Waals surface area contributed by atoms with Gasteiger partial charge in [-0.3, -0.25) is 4.99 Å². The third kappa shape index (κ3) is 4.47. The van der Waals surface area contributed by atoms with Crippen LogP contribution in [0, 0.1) is 5.92 Å². The maximum atomic E-state index is 5.38. The second-order valence-electron chi connectivity index (χ2n) is 4.37. The fourth-order valence-corrected chi connectivity index (χ4v) is 1.64. The van der Waals surface area contributed by atoms with Gasteiger partial charge in [-0.05, 0) is 50.5 Å². The minimum Gasteiger partial charge on any atom is -0.494 e. The first-order chi connectivity index (χ1) is 7.61. The summed E-state index contributed by atoms with van der Waals surface area (Å²) in [6.07, 6.45) is 1.05. The van der Waals surface area contributed by atoms with Gasteiger partial charge in [-0.1, -0.05) is 13.8 Å². The second-order valence-corrected chi connectivity index (χ2v) is 4.37. The zero-order valence-electron chi connectivity index (χ0n) is 10.7. The van der Waals surface area contributed by atoms with Gasteiger partial charge in [0.25, 0.3) is 0 Å². The van der Waals surface area contributed by atoms with Gasteiger partial charge in [0.2, 0.25) is 0 Å². The molecule has 0 N–H and O–H groups in total. The molecule has 0 spiro atoms. The molecule has 0 aliphatic rings. The zero-order valence-corrected chi connectivity index (χ0v) is 10.7. The molecule has 0 atom stereocenters. The molecular formula is C14H21NO. The summed E-state index contributed by atoms with van der Waals surface area (Å²) in [5, 5.41) is 0. The molecule has 0 aromatic heterocycles. The number of hydrogen-bond donors (Lipinski definition) is 0. The Kier molecular flexibility index (Phi) is 5.03. The van der Waals surface area contributed by atoms with Gasteiger partial charge in [-0.15, -0.1) is 0 Å². The third-order valence-electron chi connectivity index (χ3n) is 2.17. The average Bonchev–Trinajstić information content (AvgIpc) is 2.20. The smallest absolute Gasteiger partial charge is 0.119 e. The van der Waals surface area contributed by atoms with E-state index in [0.29, 0.717) is 12.5 Å². The Labute approximate surface area is 98.4 Å². The lowest BCUT2D eigenvalue weighted by atomic mass is 10.1. The predicted molar refractivity (Wildman–Crippen MR) is 69.8 cm³/mol. The Hall–Kier alpha value is -1.31. The van der Waals surface area contributed by atoms with Crippen molar-refractivity contribution in [2.45, 2.75) is 34.1 Å². The molecule has 0 heterocycles. The van der Waals surface area contributed by atoms with E-state index in [1.54, 1.807) is 0 Å². The summed E-state index contributed by atoms with van der Waals surface area (Å²) < 4.78 is 5.38. The van der Waals surface area contributed by atoms with Crippen molar-refractivity contribution in [1.82, 2.24) is 0 Å². The summed E-state index contributed by atoms with van der Waals surface area (Å²) in [7, 11) is 0. The summed E-state index contributed by atoms with van der Waals surface area (Å²) in [5.41, 5.74) is 2.18. The number of ether oxygens (including phenoxy) is 1. The second kappa shape index (κ2) is 6.31. The molecular weight excluding hydrogens is 198 g/mol. The molecule has 1 aromatic rings. The van der Waals surface area contributed by atoms with Crippen molar-refractivity contribution in [2.75, 3.05) is 6.61 Å². The van der Waals surface area contributed by atoms with Crippen LogP contribution in [0.1, 0.15) is 34.1 Å². The Morgan fingerprint density at radius 3 is 2.38 bits per heavy atom. The molecule has 1 aromatic carbocycles. The summed E-state index contributed by atoms with van der Waals surface area (Å²) in [6.45, 7) is 9.18. The molecule has 0 aliphatic heterocycles. The van der Waals surface area contributed by atoms with Gasteiger partial charge >= 0.3 is 0 Å². The topological polar surface area (TPSA) is 21.6 Å². The van der Waals surface area contributed by atoms with Gasteiger partial charge in [0, 0.05) is 5.71 Å². The van der Waals surface area contributed by atoms with E-state index in [1.807, 2.05) is 31.2 Å². The van der Waals surface area contributed by atoms with Gasteiger partial charge in [0.05, 0.1) is 12.3 Å². The minimum absolute atomic E-state index is 0.659. The molecule has 0 saturated heterocycles. The van der Waals surface area contributed by atoms with E-state index in [-0.39, 0.29) is 0 Å². The van der Waals surface area contributed by atoms with E-state index in [2.05, 4.69) is 25.8 Å². The summed E-state index contributed by atoms with van der Waals surface area (Å²) in [4.78, 5) is 4.56. The van der Waals surface area contributed by atoms with Crippen LogP contribution in [0.5, 0.6) is 5.75 Å². The van der Waals surface area contributed by atoms with Crippen LogP contribution in [-0.2, 0) is 0 Å². The third-order valence-corrected chi connectivity index (χ3v) is 2.17. The fourth-order valence-electron chi connectivity index (χ4n) is 1.64. The lowest BCUT2D eigenvalue weighted by Crippen LogP contribution is -1.97. The van der Waals surface area contributed by atoms with Crippen LogP contribution < -0.4 is 4.74 Å². The highest BCUT2D eigenvalue weighted by Crippen LogP contribution is 2.19. The summed E-state index contributed by atoms with van der Waals surface area (Å²) in [6, 6.07) is 7.92. The molecule has 0 bridgehead atoms. The van der Waals surface area contributed by atoms with Gasteiger partial charge < -0.3 is 4.74 Å². The first-order valence-corrected chi connectivity index (χ1v) is 5.88. The van der Waals surface area contributed by atoms with Crippen LogP contribution in [0.25, 0.3) is 0 Å². The number of benzene rings is 1. The number of hydrogen-bond acceptors (Lipinski definition) is 2. The van der Waals surface area contributed by atoms with Gasteiger partial charge in [0.15, 0.2) is 0 Å². The monoisotopic (exact) mass is 219 g/mol. The Balaban J connectivity index is 2.67. The van der Waals surface area contributed by atoms with E-state index in [0.717, 1.165) is 17.9 Å². The molecule has 2 nitrogen and oxygen atoms in total. The van der Waals surface area contributed by atoms with Gasteiger partial charge in [0.1, 0.15) is 5.75 Å². The molecule has 0 saturated carbocycles. The van der Waals surface area contributed by atoms with Crippen molar-refractivity contribution in [3.05, 3.63) is 24.3 Å². The van der Waals surface area contributed by atoms with Gasteiger partial charge in [-0.25, -0.2) is 0 Å². The van der Waals surface area contributed by atoms with E-state index >= 15 is 0 Å². The predicted octanol–water partition coefficient (Wildman–Crippen LogP) is 4.22. The van der Waals surface area contributed by atoms with E-state index < -0.39 is 0 Å². The molecule has 0 unspecified atom stereocenters. The normalized spacial score (nSPS) is 11.9. The largest absolute Gasteiger partial charge is 0.494 e. The van der Waals surface area contributed by atoms with Crippen LogP contribution in [0.3, 0.4) is 0 Å². The van der Waals surface area contributed by atoms with Crippen molar-refractivity contribution in [1.29, 1.82) is 0 Å². The van der Waals surface area contributed by atoms with Crippen molar-refractivity contribution < 1.29 is 4.74 Å². The number of nitrogens with zero attached hydrogens (tertiary/aromatic N) is 1. The molecule has 2 heteroatoms. The quantitative estimate of drug-likeness (QED) is 0.679. The summed E-state index contributed by atoms with van der Waals surface area (Å²) >= 11 is 0. The number of rotatable bonds is 5. The molecule has 0 amide bonds. The number of aliphatic imine (C=N–C) groups is 1. The average molecular weight is 219 g/mol. The molecule has 88 valence electrons. The lowest BCUT2D eigenvalue weighted by molar-refractivity contribution is 0.340. The molecule has 0 radical (unpaired) electrons. The Morgan fingerprint density at radius 2 is 1.88 bits per heavy atom. The minimum atomic E-state index is 0.659. The first-order valence-electron chi connectivity index (χ1n) is 5.88. The van der Waals surface area contributed by atoms with Crippen LogP contribution in [0.2, 0.25) is 0 Å². The van der Waals surface area contributed by atoms with Crippen LogP contribution >= 0.6 is 0 Å². The molecule has 1 rings (SSSR count). The van der Waals surface area contributed by atoms with E-state index in [1.165, 1.54) is 5.71 Å². The van der Waals surface area contributed by atoms with Gasteiger partial charge in [-0.2, -0.15) is 0 Å². The SMILES string of the molecule is CCOc1ccc(N=C(C)CC(C)C)cc1. The van der Waals surface area contributed by atoms with Crippen LogP contribution in [-0.4, -0.2) is 12.3 Å². The van der Waals surface area contributed by atoms with Crippen LogP contribution in [0.4, 0.5) is 5.69 Å². The van der Waals surface area contributed by atoms with E-state index in [9.17, 15) is 0 Å². The van der Waals surface area contributed by atoms with Crippen molar-refractivity contribution in [3.63, 3.8) is 0 Å². The fraction of sp³-hybridized carbons (Fsp3) is 0.500. The highest BCUT2D eigenvalue weighted by molar-refractivity contribution is 5.84.